The summed E-state index contributed by atoms with van der Waals surface area (Å²) in [4.78, 5) is 20.5. The van der Waals surface area contributed by atoms with E-state index in [2.05, 4.69) is 20.4 Å². The molecule has 0 radical (unpaired) electrons. The Hall–Kier alpha value is -3.53. The Morgan fingerprint density at radius 1 is 1.18 bits per heavy atom. The van der Waals surface area contributed by atoms with Crippen molar-refractivity contribution in [3.8, 4) is 0 Å². The summed E-state index contributed by atoms with van der Waals surface area (Å²) in [5.41, 5.74) is 1.03. The molecule has 10 heteroatoms. The van der Waals surface area contributed by atoms with Crippen molar-refractivity contribution in [2.75, 3.05) is 0 Å². The molecule has 0 saturated carbocycles. The maximum atomic E-state index is 12.5. The van der Waals surface area contributed by atoms with Crippen LogP contribution in [0.1, 0.15) is 16.2 Å². The molecule has 0 fully saturated rings. The van der Waals surface area contributed by atoms with Crippen molar-refractivity contribution in [3.05, 3.63) is 66.7 Å². The maximum Gasteiger partial charge on any atom is 0.287 e. The van der Waals surface area contributed by atoms with E-state index in [-0.39, 0.29) is 22.1 Å². The lowest BCUT2D eigenvalue weighted by Gasteiger charge is -2.05. The smallest absolute Gasteiger partial charge is 0.287 e. The number of hydrogen-bond acceptors (Lipinski definition) is 7. The van der Waals surface area contributed by atoms with Crippen molar-refractivity contribution in [3.63, 3.8) is 0 Å². The number of pyridine rings is 2. The third-order valence-corrected chi connectivity index (χ3v) is 5.77. The van der Waals surface area contributed by atoms with Gasteiger partial charge in [-0.05, 0) is 24.3 Å². The number of aryl methyl sites for hydroxylation is 1. The molecule has 0 aliphatic rings. The number of aromatic nitrogens is 4. The normalized spacial score (nSPS) is 11.6. The summed E-state index contributed by atoms with van der Waals surface area (Å²) in [6.07, 6.45) is 7.12. The molecular weight excluding hydrogens is 382 g/mol. The lowest BCUT2D eigenvalue weighted by molar-refractivity contribution is 0.0925. The van der Waals surface area contributed by atoms with Crippen molar-refractivity contribution in [1.29, 1.82) is 0 Å². The molecule has 0 aliphatic heterocycles. The van der Waals surface area contributed by atoms with E-state index in [1.54, 1.807) is 31.4 Å². The van der Waals surface area contributed by atoms with Crippen LogP contribution in [-0.4, -0.2) is 34.1 Å². The minimum absolute atomic E-state index is 0.0559. The van der Waals surface area contributed by atoms with Crippen molar-refractivity contribution < 1.29 is 17.6 Å². The first-order chi connectivity index (χ1) is 13.4. The number of furan rings is 1. The summed E-state index contributed by atoms with van der Waals surface area (Å²) in [5.74, 6) is -0.233. The molecule has 1 N–H and O–H groups in total. The number of fused-ring (bicyclic) bond motifs is 1. The summed E-state index contributed by atoms with van der Waals surface area (Å²) in [5, 5.41) is 7.35. The number of hydrogen-bond donors (Lipinski definition) is 1. The highest BCUT2D eigenvalue weighted by molar-refractivity contribution is 7.91. The molecule has 0 atom stereocenters. The van der Waals surface area contributed by atoms with Crippen LogP contribution in [0.3, 0.4) is 0 Å². The van der Waals surface area contributed by atoms with Crippen LogP contribution in [0.25, 0.3) is 11.0 Å². The number of nitrogens with one attached hydrogen (secondary N) is 1. The average Bonchev–Trinajstić information content (AvgIpc) is 3.33. The van der Waals surface area contributed by atoms with Gasteiger partial charge in [-0.2, -0.15) is 5.10 Å². The number of amides is 1. The van der Waals surface area contributed by atoms with Gasteiger partial charge in [0.1, 0.15) is 4.90 Å². The summed E-state index contributed by atoms with van der Waals surface area (Å²) < 4.78 is 31.9. The maximum absolute atomic E-state index is 12.5. The van der Waals surface area contributed by atoms with Crippen molar-refractivity contribution in [1.82, 2.24) is 25.1 Å². The van der Waals surface area contributed by atoms with E-state index >= 15 is 0 Å². The van der Waals surface area contributed by atoms with Crippen LogP contribution in [-0.2, 0) is 23.4 Å². The summed E-state index contributed by atoms with van der Waals surface area (Å²) >= 11 is 0. The Labute approximate surface area is 159 Å². The second kappa shape index (κ2) is 6.89. The zero-order valence-electron chi connectivity index (χ0n) is 14.7. The zero-order valence-corrected chi connectivity index (χ0v) is 15.5. The second-order valence-corrected chi connectivity index (χ2v) is 7.99. The Bertz CT molecular complexity index is 1230. The molecule has 0 bridgehead atoms. The fourth-order valence-corrected chi connectivity index (χ4v) is 3.79. The van der Waals surface area contributed by atoms with Crippen molar-refractivity contribution >= 4 is 26.7 Å². The van der Waals surface area contributed by atoms with Gasteiger partial charge in [-0.3, -0.25) is 19.4 Å². The summed E-state index contributed by atoms with van der Waals surface area (Å²) in [7, 11) is -2.04. The van der Waals surface area contributed by atoms with Gasteiger partial charge in [0.05, 0.1) is 29.5 Å². The minimum atomic E-state index is -3.68. The number of nitrogens with zero attached hydrogens (tertiary/aromatic N) is 4. The van der Waals surface area contributed by atoms with Crippen molar-refractivity contribution in [2.24, 2.45) is 7.05 Å². The van der Waals surface area contributed by atoms with E-state index in [0.717, 1.165) is 5.39 Å². The fourth-order valence-electron chi connectivity index (χ4n) is 2.60. The van der Waals surface area contributed by atoms with Gasteiger partial charge in [0.15, 0.2) is 11.3 Å². The van der Waals surface area contributed by atoms with Crippen LogP contribution >= 0.6 is 0 Å². The quantitative estimate of drug-likeness (QED) is 0.544. The molecule has 9 nitrogen and oxygen atoms in total. The molecule has 0 aliphatic carbocycles. The number of carbonyl (C=O) groups excluding carboxylic acids is 1. The van der Waals surface area contributed by atoms with Crippen LogP contribution < -0.4 is 5.32 Å². The molecule has 28 heavy (non-hydrogen) atoms. The van der Waals surface area contributed by atoms with Gasteiger partial charge in [0.2, 0.25) is 9.84 Å². The highest BCUT2D eigenvalue weighted by Gasteiger charge is 2.20. The molecule has 142 valence electrons. The van der Waals surface area contributed by atoms with E-state index in [0.29, 0.717) is 11.3 Å². The lowest BCUT2D eigenvalue weighted by atomic mass is 10.3. The summed E-state index contributed by atoms with van der Waals surface area (Å²) in [6, 6.07) is 6.37. The topological polar surface area (TPSA) is 120 Å². The van der Waals surface area contributed by atoms with Crippen molar-refractivity contribution in [2.45, 2.75) is 16.3 Å². The molecule has 4 rings (SSSR count). The average molecular weight is 397 g/mol. The molecule has 0 saturated heterocycles. The Morgan fingerprint density at radius 3 is 2.71 bits per heavy atom. The molecular formula is C18H15N5O4S. The fraction of sp³-hybridized carbons (Fsp3) is 0.111. The monoisotopic (exact) mass is 397 g/mol. The third kappa shape index (κ3) is 3.37. The molecule has 0 aromatic carbocycles. The van der Waals surface area contributed by atoms with Gasteiger partial charge >= 0.3 is 0 Å². The molecule has 4 heterocycles. The predicted molar refractivity (Wildman–Crippen MR) is 98.1 cm³/mol. The minimum Gasteiger partial charge on any atom is -0.449 e. The van der Waals surface area contributed by atoms with Gasteiger partial charge < -0.3 is 9.73 Å². The van der Waals surface area contributed by atoms with Crippen LogP contribution in [0, 0.1) is 0 Å². The number of sulfone groups is 1. The standard InChI is InChI=1S/C18H15N5O4S/c1-23-11-15(9-22-23)28(25,26)14-3-2-13(20-8-14)7-21-18(24)16-6-12-4-5-19-10-17(12)27-16/h2-6,8-11H,7H2,1H3,(H,21,24). The van der Waals surface area contributed by atoms with E-state index in [9.17, 15) is 13.2 Å². The first-order valence-electron chi connectivity index (χ1n) is 8.24. The van der Waals surface area contributed by atoms with Crippen LogP contribution in [0.4, 0.5) is 0 Å². The first-order valence-corrected chi connectivity index (χ1v) is 9.72. The van der Waals surface area contributed by atoms with Crippen LogP contribution in [0.15, 0.2) is 69.5 Å². The highest BCUT2D eigenvalue weighted by atomic mass is 32.2. The van der Waals surface area contributed by atoms with Gasteiger partial charge in [0, 0.05) is 31.0 Å². The largest absolute Gasteiger partial charge is 0.449 e. The first kappa shape index (κ1) is 17.9. The molecule has 1 amide bonds. The Morgan fingerprint density at radius 2 is 2.04 bits per heavy atom. The predicted octanol–water partition coefficient (Wildman–Crippen LogP) is 1.72. The SMILES string of the molecule is Cn1cc(S(=O)(=O)c2ccc(CNC(=O)c3cc4ccncc4o3)nc2)cn1. The summed E-state index contributed by atoms with van der Waals surface area (Å²) in [6.45, 7) is 0.126. The van der Waals surface area contributed by atoms with Gasteiger partial charge in [-0.15, -0.1) is 0 Å². The Balaban J connectivity index is 1.45. The van der Waals surface area contributed by atoms with Gasteiger partial charge in [-0.1, -0.05) is 0 Å². The zero-order chi connectivity index (χ0) is 19.7. The van der Waals surface area contributed by atoms with Gasteiger partial charge in [-0.25, -0.2) is 8.42 Å². The molecule has 4 aromatic rings. The van der Waals surface area contributed by atoms with E-state index in [4.69, 9.17) is 4.42 Å². The Kier molecular flexibility index (Phi) is 4.40. The van der Waals surface area contributed by atoms with E-state index < -0.39 is 15.7 Å². The van der Waals surface area contributed by atoms with E-state index in [1.165, 1.54) is 35.5 Å². The third-order valence-electron chi connectivity index (χ3n) is 4.08. The number of carbonyl (C=O) groups is 1. The molecule has 0 unspecified atom stereocenters. The highest BCUT2D eigenvalue weighted by Crippen LogP contribution is 2.20. The van der Waals surface area contributed by atoms with E-state index in [1.807, 2.05) is 0 Å². The number of rotatable bonds is 5. The van der Waals surface area contributed by atoms with Crippen LogP contribution in [0.2, 0.25) is 0 Å². The van der Waals surface area contributed by atoms with Crippen LogP contribution in [0.5, 0.6) is 0 Å². The molecule has 4 aromatic heterocycles. The van der Waals surface area contributed by atoms with Gasteiger partial charge in [0.25, 0.3) is 5.91 Å². The lowest BCUT2D eigenvalue weighted by Crippen LogP contribution is -2.22. The second-order valence-electron chi connectivity index (χ2n) is 6.05. The molecule has 0 spiro atoms.